The van der Waals surface area contributed by atoms with Gasteiger partial charge in [-0.25, -0.2) is 15.0 Å². The molecule has 92 valence electrons. The molecule has 0 aliphatic rings. The molecule has 6 heteroatoms. The van der Waals surface area contributed by atoms with Gasteiger partial charge in [0.2, 0.25) is 5.95 Å². The summed E-state index contributed by atoms with van der Waals surface area (Å²) in [7, 11) is 0. The SMILES string of the molecule is c1nc2ccc(Nc3ncc4sccc4n3)cc2[nH]1. The van der Waals surface area contributed by atoms with Gasteiger partial charge in [0.05, 0.1) is 33.8 Å². The van der Waals surface area contributed by atoms with Crippen molar-refractivity contribution < 1.29 is 0 Å². The largest absolute Gasteiger partial charge is 0.345 e. The van der Waals surface area contributed by atoms with Crippen molar-refractivity contribution in [1.82, 2.24) is 19.9 Å². The predicted molar refractivity (Wildman–Crippen MR) is 76.8 cm³/mol. The van der Waals surface area contributed by atoms with E-state index >= 15 is 0 Å². The fourth-order valence-electron chi connectivity index (χ4n) is 1.97. The average Bonchev–Trinajstić information content (AvgIpc) is 3.05. The Morgan fingerprint density at radius 1 is 1.11 bits per heavy atom. The minimum atomic E-state index is 0.602. The molecule has 0 aliphatic heterocycles. The number of rotatable bonds is 2. The van der Waals surface area contributed by atoms with Gasteiger partial charge in [-0.1, -0.05) is 0 Å². The predicted octanol–water partition coefficient (Wildman–Crippen LogP) is 3.31. The van der Waals surface area contributed by atoms with Gasteiger partial charge in [-0.2, -0.15) is 0 Å². The smallest absolute Gasteiger partial charge is 0.227 e. The van der Waals surface area contributed by atoms with Crippen LogP contribution in [0.5, 0.6) is 0 Å². The molecule has 4 rings (SSSR count). The summed E-state index contributed by atoms with van der Waals surface area (Å²) in [6.45, 7) is 0. The number of nitrogens with one attached hydrogen (secondary N) is 2. The second kappa shape index (κ2) is 4.03. The van der Waals surface area contributed by atoms with Crippen LogP contribution in [-0.2, 0) is 0 Å². The van der Waals surface area contributed by atoms with E-state index in [4.69, 9.17) is 0 Å². The highest BCUT2D eigenvalue weighted by Crippen LogP contribution is 2.22. The number of hydrogen-bond donors (Lipinski definition) is 2. The number of imidazole rings is 1. The molecule has 0 unspecified atom stereocenters. The fourth-order valence-corrected chi connectivity index (χ4v) is 2.66. The number of thiophene rings is 1. The molecular weight excluding hydrogens is 258 g/mol. The molecule has 5 nitrogen and oxygen atoms in total. The minimum absolute atomic E-state index is 0.602. The third-order valence-corrected chi connectivity index (χ3v) is 3.72. The summed E-state index contributed by atoms with van der Waals surface area (Å²) in [5.74, 6) is 0.602. The normalized spacial score (nSPS) is 11.2. The first-order chi connectivity index (χ1) is 9.38. The molecule has 2 N–H and O–H groups in total. The van der Waals surface area contributed by atoms with Crippen LogP contribution in [0, 0.1) is 0 Å². The average molecular weight is 267 g/mol. The lowest BCUT2D eigenvalue weighted by Gasteiger charge is -2.04. The van der Waals surface area contributed by atoms with Crippen molar-refractivity contribution in [2.24, 2.45) is 0 Å². The molecule has 4 aromatic rings. The Bertz CT molecular complexity index is 791. The Balaban J connectivity index is 1.72. The first kappa shape index (κ1) is 10.5. The van der Waals surface area contributed by atoms with Crippen LogP contribution in [0.4, 0.5) is 11.6 Å². The van der Waals surface area contributed by atoms with Crippen LogP contribution in [0.15, 0.2) is 42.2 Å². The van der Waals surface area contributed by atoms with E-state index in [0.29, 0.717) is 5.95 Å². The van der Waals surface area contributed by atoms with Crippen LogP contribution < -0.4 is 5.32 Å². The van der Waals surface area contributed by atoms with Crippen LogP contribution in [0.1, 0.15) is 0 Å². The number of H-pyrrole nitrogens is 1. The first-order valence-corrected chi connectivity index (χ1v) is 6.67. The van der Waals surface area contributed by atoms with Crippen molar-refractivity contribution in [2.75, 3.05) is 5.32 Å². The van der Waals surface area contributed by atoms with Crippen molar-refractivity contribution in [3.8, 4) is 0 Å². The zero-order valence-electron chi connectivity index (χ0n) is 9.79. The number of benzene rings is 1. The molecule has 19 heavy (non-hydrogen) atoms. The Morgan fingerprint density at radius 2 is 2.11 bits per heavy atom. The summed E-state index contributed by atoms with van der Waals surface area (Å²) in [4.78, 5) is 16.0. The quantitative estimate of drug-likeness (QED) is 0.584. The summed E-state index contributed by atoms with van der Waals surface area (Å²) in [5, 5.41) is 5.22. The third-order valence-electron chi connectivity index (χ3n) is 2.88. The lowest BCUT2D eigenvalue weighted by atomic mass is 10.3. The van der Waals surface area contributed by atoms with Crippen LogP contribution in [0.3, 0.4) is 0 Å². The van der Waals surface area contributed by atoms with Crippen molar-refractivity contribution in [3.63, 3.8) is 0 Å². The molecule has 0 radical (unpaired) electrons. The van der Waals surface area contributed by atoms with E-state index in [0.717, 1.165) is 26.9 Å². The molecular formula is C13H9N5S. The summed E-state index contributed by atoms with van der Waals surface area (Å²) in [5.41, 5.74) is 3.83. The van der Waals surface area contributed by atoms with E-state index in [1.807, 2.05) is 35.8 Å². The molecule has 0 saturated heterocycles. The van der Waals surface area contributed by atoms with E-state index in [1.54, 1.807) is 17.7 Å². The molecule has 3 heterocycles. The summed E-state index contributed by atoms with van der Waals surface area (Å²) < 4.78 is 1.09. The second-order valence-electron chi connectivity index (χ2n) is 4.12. The van der Waals surface area contributed by atoms with E-state index in [1.165, 1.54) is 0 Å². The standard InChI is InChI=1S/C13H9N5S/c1-2-9-11(16-7-15-9)5-8(1)17-13-14-6-12-10(18-13)3-4-19-12/h1-7H,(H,15,16)(H,14,17,18). The molecule has 3 aromatic heterocycles. The topological polar surface area (TPSA) is 66.5 Å². The monoisotopic (exact) mass is 267 g/mol. The summed E-state index contributed by atoms with van der Waals surface area (Å²) in [6.07, 6.45) is 3.52. The molecule has 0 amide bonds. The van der Waals surface area contributed by atoms with Crippen molar-refractivity contribution in [2.45, 2.75) is 0 Å². The molecule has 0 atom stereocenters. The lowest BCUT2D eigenvalue weighted by Crippen LogP contribution is -1.96. The van der Waals surface area contributed by atoms with Gasteiger partial charge in [-0.15, -0.1) is 11.3 Å². The zero-order chi connectivity index (χ0) is 12.7. The number of hydrogen-bond acceptors (Lipinski definition) is 5. The number of nitrogens with zero attached hydrogens (tertiary/aromatic N) is 3. The third kappa shape index (κ3) is 1.82. The zero-order valence-corrected chi connectivity index (χ0v) is 10.6. The Labute approximate surface area is 112 Å². The van der Waals surface area contributed by atoms with Crippen LogP contribution >= 0.6 is 11.3 Å². The van der Waals surface area contributed by atoms with Gasteiger partial charge in [0.1, 0.15) is 0 Å². The lowest BCUT2D eigenvalue weighted by molar-refractivity contribution is 1.22. The van der Waals surface area contributed by atoms with Gasteiger partial charge < -0.3 is 10.3 Å². The van der Waals surface area contributed by atoms with E-state index in [9.17, 15) is 0 Å². The van der Waals surface area contributed by atoms with Crippen molar-refractivity contribution >= 4 is 44.2 Å². The van der Waals surface area contributed by atoms with Gasteiger partial charge in [-0.05, 0) is 29.6 Å². The highest BCUT2D eigenvalue weighted by Gasteiger charge is 2.03. The number of anilines is 2. The highest BCUT2D eigenvalue weighted by atomic mass is 32.1. The van der Waals surface area contributed by atoms with Crippen molar-refractivity contribution in [1.29, 1.82) is 0 Å². The van der Waals surface area contributed by atoms with Crippen LogP contribution in [-0.4, -0.2) is 19.9 Å². The van der Waals surface area contributed by atoms with Gasteiger partial charge in [0.25, 0.3) is 0 Å². The molecule has 0 saturated carbocycles. The molecule has 0 bridgehead atoms. The maximum Gasteiger partial charge on any atom is 0.227 e. The summed E-state index contributed by atoms with van der Waals surface area (Å²) >= 11 is 1.64. The van der Waals surface area contributed by atoms with Crippen LogP contribution in [0.25, 0.3) is 21.3 Å². The van der Waals surface area contributed by atoms with Gasteiger partial charge in [0.15, 0.2) is 0 Å². The highest BCUT2D eigenvalue weighted by molar-refractivity contribution is 7.17. The van der Waals surface area contributed by atoms with E-state index in [-0.39, 0.29) is 0 Å². The van der Waals surface area contributed by atoms with Gasteiger partial charge in [0, 0.05) is 5.69 Å². The van der Waals surface area contributed by atoms with Crippen LogP contribution in [0.2, 0.25) is 0 Å². The second-order valence-corrected chi connectivity index (χ2v) is 5.07. The fraction of sp³-hybridized carbons (Fsp3) is 0. The molecule has 1 aromatic carbocycles. The number of fused-ring (bicyclic) bond motifs is 2. The Morgan fingerprint density at radius 3 is 3.11 bits per heavy atom. The molecule has 0 aliphatic carbocycles. The minimum Gasteiger partial charge on any atom is -0.345 e. The Hall–Kier alpha value is -2.47. The van der Waals surface area contributed by atoms with Gasteiger partial charge >= 0.3 is 0 Å². The van der Waals surface area contributed by atoms with E-state index < -0.39 is 0 Å². The van der Waals surface area contributed by atoms with E-state index in [2.05, 4.69) is 25.3 Å². The number of aromatic nitrogens is 4. The maximum atomic E-state index is 4.46. The molecule has 0 fully saturated rings. The summed E-state index contributed by atoms with van der Waals surface area (Å²) in [6, 6.07) is 7.90. The molecule has 0 spiro atoms. The number of aromatic amines is 1. The Kier molecular flexibility index (Phi) is 2.22. The first-order valence-electron chi connectivity index (χ1n) is 5.79. The van der Waals surface area contributed by atoms with Crippen molar-refractivity contribution in [3.05, 3.63) is 42.2 Å². The van der Waals surface area contributed by atoms with Gasteiger partial charge in [-0.3, -0.25) is 0 Å². The maximum absolute atomic E-state index is 4.46.